The molecule has 26 heavy (non-hydrogen) atoms. The van der Waals surface area contributed by atoms with E-state index in [-0.39, 0.29) is 34.6 Å². The minimum atomic E-state index is -0.409. The Hall–Kier alpha value is -0.260. The van der Waals surface area contributed by atoms with Crippen LogP contribution in [0.25, 0.3) is 0 Å². The molecule has 4 aliphatic rings. The summed E-state index contributed by atoms with van der Waals surface area (Å²) >= 11 is 3.92. The molecule has 4 rings (SSSR count). The van der Waals surface area contributed by atoms with Crippen LogP contribution in [0.1, 0.15) is 58.8 Å². The van der Waals surface area contributed by atoms with Crippen LogP contribution in [0.3, 0.4) is 0 Å². The summed E-state index contributed by atoms with van der Waals surface area (Å²) in [5.41, 5.74) is -0.337. The number of ketones is 2. The first-order valence-corrected chi connectivity index (χ1v) is 11.1. The molecule has 0 saturated heterocycles. The lowest BCUT2D eigenvalue weighted by Crippen LogP contribution is -2.60. The lowest BCUT2D eigenvalue weighted by atomic mass is 9.44. The number of alkyl halides is 1. The molecule has 4 fully saturated rings. The predicted molar refractivity (Wildman–Crippen MR) is 102 cm³/mol. The molecule has 4 saturated carbocycles. The lowest BCUT2D eigenvalue weighted by Gasteiger charge is -2.61. The van der Waals surface area contributed by atoms with E-state index in [4.69, 9.17) is 0 Å². The van der Waals surface area contributed by atoms with Crippen molar-refractivity contribution in [1.82, 2.24) is 0 Å². The number of fused-ring (bicyclic) bond motifs is 5. The van der Waals surface area contributed by atoms with Gasteiger partial charge in [0.2, 0.25) is 0 Å². The maximum Gasteiger partial charge on any atom is 0.161 e. The maximum absolute atomic E-state index is 13.4. The highest BCUT2D eigenvalue weighted by Gasteiger charge is 2.65. The molecule has 0 unspecified atom stereocenters. The molecule has 0 aromatic rings. The second-order valence-corrected chi connectivity index (χ2v) is 11.1. The Balaban J connectivity index is 1.70. The van der Waals surface area contributed by atoms with Gasteiger partial charge >= 0.3 is 0 Å². The standard InChI is InChI=1S/C21H31BrO4/c1-20-6-5-11(24)7-15(20)16(22)8-12-13-3-4-14(18(26)10-23)21(13,2)9-17(25)19(12)20/h11-16,19,23-24H,3-10H2,1-2H3/t11-,12+,13+,14-,15+,16+,19-,20+,21+/m1/s1. The van der Waals surface area contributed by atoms with Crippen LogP contribution >= 0.6 is 15.9 Å². The van der Waals surface area contributed by atoms with Gasteiger partial charge in [-0.1, -0.05) is 29.8 Å². The van der Waals surface area contributed by atoms with Gasteiger partial charge in [0.25, 0.3) is 0 Å². The van der Waals surface area contributed by atoms with E-state index in [1.54, 1.807) is 0 Å². The molecule has 0 amide bonds. The van der Waals surface area contributed by atoms with Crippen LogP contribution in [-0.4, -0.2) is 39.3 Å². The predicted octanol–water partition coefficient (Wildman–Crippen LogP) is 3.12. The van der Waals surface area contributed by atoms with E-state index in [0.717, 1.165) is 38.5 Å². The van der Waals surface area contributed by atoms with Crippen molar-refractivity contribution in [3.63, 3.8) is 0 Å². The second-order valence-electron chi connectivity index (χ2n) is 9.94. The van der Waals surface area contributed by atoms with Crippen molar-refractivity contribution in [2.24, 2.45) is 40.4 Å². The minimum Gasteiger partial charge on any atom is -0.393 e. The number of aliphatic hydroxyl groups excluding tert-OH is 2. The zero-order chi connectivity index (χ0) is 18.9. The summed E-state index contributed by atoms with van der Waals surface area (Å²) in [6, 6.07) is 0. The zero-order valence-corrected chi connectivity index (χ0v) is 17.4. The molecule has 2 N–H and O–H groups in total. The lowest BCUT2D eigenvalue weighted by molar-refractivity contribution is -0.161. The molecule has 9 atom stereocenters. The first-order valence-electron chi connectivity index (χ1n) is 10.2. The van der Waals surface area contributed by atoms with Gasteiger partial charge in [0.15, 0.2) is 5.78 Å². The summed E-state index contributed by atoms with van der Waals surface area (Å²) in [5.74, 6) is 1.18. The van der Waals surface area contributed by atoms with E-state index in [9.17, 15) is 19.8 Å². The summed E-state index contributed by atoms with van der Waals surface area (Å²) in [7, 11) is 0. The fraction of sp³-hybridized carbons (Fsp3) is 0.905. The Labute approximate surface area is 164 Å². The molecule has 0 bridgehead atoms. The van der Waals surface area contributed by atoms with Gasteiger partial charge in [-0.2, -0.15) is 0 Å². The highest BCUT2D eigenvalue weighted by Crippen LogP contribution is 2.67. The van der Waals surface area contributed by atoms with Crippen LogP contribution in [0.2, 0.25) is 0 Å². The monoisotopic (exact) mass is 426 g/mol. The van der Waals surface area contributed by atoms with Crippen molar-refractivity contribution in [3.05, 3.63) is 0 Å². The van der Waals surface area contributed by atoms with Gasteiger partial charge in [-0.3, -0.25) is 9.59 Å². The summed E-state index contributed by atoms with van der Waals surface area (Å²) in [4.78, 5) is 26.1. The topological polar surface area (TPSA) is 74.6 Å². The molecule has 4 nitrogen and oxygen atoms in total. The van der Waals surface area contributed by atoms with E-state index in [1.165, 1.54) is 0 Å². The third-order valence-corrected chi connectivity index (χ3v) is 9.85. The van der Waals surface area contributed by atoms with Crippen LogP contribution in [-0.2, 0) is 9.59 Å². The van der Waals surface area contributed by atoms with E-state index in [1.807, 2.05) is 0 Å². The number of hydrogen-bond donors (Lipinski definition) is 2. The number of Topliss-reactive ketones (excluding diaryl/α,β-unsaturated/α-hetero) is 2. The van der Waals surface area contributed by atoms with Gasteiger partial charge < -0.3 is 10.2 Å². The van der Waals surface area contributed by atoms with Gasteiger partial charge in [-0.25, -0.2) is 0 Å². The van der Waals surface area contributed by atoms with E-state index >= 15 is 0 Å². The molecular weight excluding hydrogens is 396 g/mol. The molecule has 0 aromatic carbocycles. The Morgan fingerprint density at radius 2 is 1.88 bits per heavy atom. The van der Waals surface area contributed by atoms with Crippen molar-refractivity contribution >= 4 is 27.5 Å². The molecule has 0 aliphatic heterocycles. The first kappa shape index (κ1) is 19.1. The first-order chi connectivity index (χ1) is 12.2. The number of aliphatic hydroxyl groups is 2. The highest BCUT2D eigenvalue weighted by atomic mass is 79.9. The smallest absolute Gasteiger partial charge is 0.161 e. The molecule has 5 heteroatoms. The van der Waals surface area contributed by atoms with Crippen molar-refractivity contribution in [2.75, 3.05) is 6.61 Å². The summed E-state index contributed by atoms with van der Waals surface area (Å²) in [5, 5.41) is 19.6. The molecule has 0 heterocycles. The minimum absolute atomic E-state index is 0.0478. The SMILES string of the molecule is C[C@]12CC[C@@H](O)C[C@H]1[C@@H](Br)C[C@H]1[C@@H]3CC[C@H](C(=O)CO)[C@@]3(C)CC(=O)[C@@H]12. The van der Waals surface area contributed by atoms with Crippen LogP contribution in [0.15, 0.2) is 0 Å². The van der Waals surface area contributed by atoms with Crippen LogP contribution in [0, 0.1) is 40.4 Å². The van der Waals surface area contributed by atoms with Crippen molar-refractivity contribution in [1.29, 1.82) is 0 Å². The molecular formula is C21H31BrO4. The third-order valence-electron chi connectivity index (χ3n) is 8.83. The normalized spacial score (nSPS) is 53.6. The van der Waals surface area contributed by atoms with Crippen LogP contribution < -0.4 is 0 Å². The number of rotatable bonds is 2. The van der Waals surface area contributed by atoms with E-state index in [2.05, 4.69) is 29.8 Å². The van der Waals surface area contributed by atoms with E-state index < -0.39 is 6.61 Å². The average Bonchev–Trinajstić information content (AvgIpc) is 2.92. The van der Waals surface area contributed by atoms with Gasteiger partial charge in [0, 0.05) is 23.1 Å². The fourth-order valence-electron chi connectivity index (χ4n) is 7.69. The number of hydrogen-bond acceptors (Lipinski definition) is 4. The number of halogens is 1. The largest absolute Gasteiger partial charge is 0.393 e. The molecule has 4 aliphatic carbocycles. The summed E-state index contributed by atoms with van der Waals surface area (Å²) in [6.45, 7) is 3.99. The maximum atomic E-state index is 13.4. The average molecular weight is 427 g/mol. The van der Waals surface area contributed by atoms with E-state index in [0.29, 0.717) is 34.8 Å². The fourth-order valence-corrected chi connectivity index (χ4v) is 8.94. The molecule has 0 spiro atoms. The summed E-state index contributed by atoms with van der Waals surface area (Å²) < 4.78 is 0. The zero-order valence-electron chi connectivity index (χ0n) is 15.8. The van der Waals surface area contributed by atoms with Crippen LogP contribution in [0.4, 0.5) is 0 Å². The Bertz CT molecular complexity index is 621. The van der Waals surface area contributed by atoms with Gasteiger partial charge in [0.05, 0.1) is 6.10 Å². The molecule has 0 radical (unpaired) electrons. The Morgan fingerprint density at radius 1 is 1.15 bits per heavy atom. The number of carbonyl (C=O) groups is 2. The van der Waals surface area contributed by atoms with Crippen molar-refractivity contribution in [3.8, 4) is 0 Å². The Kier molecular flexibility index (Phi) is 4.68. The molecule has 146 valence electrons. The van der Waals surface area contributed by atoms with Crippen LogP contribution in [0.5, 0.6) is 0 Å². The van der Waals surface area contributed by atoms with Crippen molar-refractivity contribution < 1.29 is 19.8 Å². The number of carbonyl (C=O) groups excluding carboxylic acids is 2. The van der Waals surface area contributed by atoms with Gasteiger partial charge in [-0.15, -0.1) is 0 Å². The highest BCUT2D eigenvalue weighted by molar-refractivity contribution is 9.09. The van der Waals surface area contributed by atoms with Crippen molar-refractivity contribution in [2.45, 2.75) is 69.7 Å². The molecule has 0 aromatic heterocycles. The Morgan fingerprint density at radius 3 is 2.58 bits per heavy atom. The van der Waals surface area contributed by atoms with Gasteiger partial charge in [0.1, 0.15) is 12.4 Å². The quantitative estimate of drug-likeness (QED) is 0.665. The summed E-state index contributed by atoms with van der Waals surface area (Å²) in [6.07, 6.45) is 5.49. The van der Waals surface area contributed by atoms with Gasteiger partial charge in [-0.05, 0) is 67.1 Å². The third kappa shape index (κ3) is 2.52. The second kappa shape index (κ2) is 6.38.